The third kappa shape index (κ3) is 3.91. The Morgan fingerprint density at radius 3 is 2.42 bits per heavy atom. The van der Waals surface area contributed by atoms with Crippen LogP contribution in [-0.2, 0) is 0 Å². The second kappa shape index (κ2) is 6.24. The van der Waals surface area contributed by atoms with Gasteiger partial charge in [-0.3, -0.25) is 0 Å². The number of allylic oxidation sites excluding steroid dienone is 1. The fourth-order valence-electron chi connectivity index (χ4n) is 1.58. The van der Waals surface area contributed by atoms with Crippen molar-refractivity contribution in [2.24, 2.45) is 0 Å². The Labute approximate surface area is 76.5 Å². The van der Waals surface area contributed by atoms with Gasteiger partial charge in [-0.2, -0.15) is 0 Å². The second-order valence-corrected chi connectivity index (χ2v) is 3.69. The van der Waals surface area contributed by atoms with Gasteiger partial charge in [-0.25, -0.2) is 0 Å². The maximum absolute atomic E-state index is 3.72. The molecule has 1 saturated heterocycles. The van der Waals surface area contributed by atoms with Gasteiger partial charge in [0, 0.05) is 0 Å². The number of unbranched alkanes of at least 4 members (excludes halogenated alkanes) is 4. The van der Waals surface area contributed by atoms with Crippen LogP contribution in [0, 0.1) is 0 Å². The Bertz CT molecular complexity index is 116. The second-order valence-electron chi connectivity index (χ2n) is 3.69. The molecule has 0 spiro atoms. The average molecular weight is 167 g/mol. The lowest BCUT2D eigenvalue weighted by molar-refractivity contribution is 0.177. The first kappa shape index (κ1) is 9.79. The van der Waals surface area contributed by atoms with Crippen molar-refractivity contribution in [2.45, 2.75) is 38.5 Å². The molecule has 0 aliphatic carbocycles. The van der Waals surface area contributed by atoms with E-state index in [2.05, 4.69) is 11.5 Å². The Morgan fingerprint density at radius 1 is 1.08 bits per heavy atom. The largest absolute Gasteiger partial charge is 0.303 e. The maximum atomic E-state index is 3.72. The van der Waals surface area contributed by atoms with Crippen LogP contribution in [0.25, 0.3) is 0 Å². The highest BCUT2D eigenvalue weighted by atomic mass is 15.2. The molecule has 70 valence electrons. The van der Waals surface area contributed by atoms with Crippen molar-refractivity contribution in [3.05, 3.63) is 12.7 Å². The number of hydrogen-bond acceptors (Lipinski definition) is 1. The number of likely N-dealkylation sites (tertiary alicyclic amines) is 1. The zero-order valence-corrected chi connectivity index (χ0v) is 8.10. The predicted molar refractivity (Wildman–Crippen MR) is 54.3 cm³/mol. The molecule has 0 aromatic carbocycles. The summed E-state index contributed by atoms with van der Waals surface area (Å²) < 4.78 is 0. The van der Waals surface area contributed by atoms with E-state index in [1.165, 1.54) is 58.2 Å². The lowest BCUT2D eigenvalue weighted by atomic mass is 10.1. The molecule has 1 aliphatic heterocycles. The van der Waals surface area contributed by atoms with E-state index in [9.17, 15) is 0 Å². The highest BCUT2D eigenvalue weighted by Gasteiger charge is 2.11. The van der Waals surface area contributed by atoms with Crippen LogP contribution >= 0.6 is 0 Å². The van der Waals surface area contributed by atoms with Gasteiger partial charge >= 0.3 is 0 Å². The smallest absolute Gasteiger partial charge is 0.000654 e. The minimum atomic E-state index is 1.20. The molecule has 1 heterocycles. The van der Waals surface area contributed by atoms with Crippen molar-refractivity contribution >= 4 is 0 Å². The molecule has 0 aromatic rings. The van der Waals surface area contributed by atoms with Gasteiger partial charge in [0.15, 0.2) is 0 Å². The minimum absolute atomic E-state index is 1.20. The van der Waals surface area contributed by atoms with Crippen molar-refractivity contribution in [1.82, 2.24) is 4.90 Å². The molecule has 0 N–H and O–H groups in total. The van der Waals surface area contributed by atoms with E-state index in [-0.39, 0.29) is 0 Å². The SMILES string of the molecule is C=CCCCCCCN1CCC1. The number of hydrogen-bond donors (Lipinski definition) is 0. The molecule has 0 unspecified atom stereocenters. The summed E-state index contributed by atoms with van der Waals surface area (Å²) in [4.78, 5) is 2.55. The molecular formula is C11H21N. The Kier molecular flexibility index (Phi) is 5.09. The summed E-state index contributed by atoms with van der Waals surface area (Å²) in [7, 11) is 0. The zero-order chi connectivity index (χ0) is 8.65. The molecule has 0 saturated carbocycles. The van der Waals surface area contributed by atoms with Crippen molar-refractivity contribution in [1.29, 1.82) is 0 Å². The summed E-state index contributed by atoms with van der Waals surface area (Å²) in [6.45, 7) is 7.77. The molecule has 0 amide bonds. The molecule has 1 heteroatoms. The third-order valence-electron chi connectivity index (χ3n) is 2.58. The first-order valence-electron chi connectivity index (χ1n) is 5.27. The van der Waals surface area contributed by atoms with Gasteiger partial charge in [-0.15, -0.1) is 6.58 Å². The van der Waals surface area contributed by atoms with Gasteiger partial charge in [0.1, 0.15) is 0 Å². The molecule has 0 bridgehead atoms. The predicted octanol–water partition coefficient (Wildman–Crippen LogP) is 2.83. The topological polar surface area (TPSA) is 3.24 Å². The zero-order valence-electron chi connectivity index (χ0n) is 8.10. The summed E-state index contributed by atoms with van der Waals surface area (Å²) >= 11 is 0. The first-order chi connectivity index (χ1) is 5.93. The van der Waals surface area contributed by atoms with Crippen LogP contribution in [0.5, 0.6) is 0 Å². The van der Waals surface area contributed by atoms with Crippen LogP contribution < -0.4 is 0 Å². The van der Waals surface area contributed by atoms with E-state index >= 15 is 0 Å². The van der Waals surface area contributed by atoms with Gasteiger partial charge in [0.2, 0.25) is 0 Å². The molecule has 12 heavy (non-hydrogen) atoms. The summed E-state index contributed by atoms with van der Waals surface area (Å²) in [5.41, 5.74) is 0. The van der Waals surface area contributed by atoms with Crippen LogP contribution in [0.2, 0.25) is 0 Å². The summed E-state index contributed by atoms with van der Waals surface area (Å²) in [5, 5.41) is 0. The third-order valence-corrected chi connectivity index (χ3v) is 2.58. The Balaban J connectivity index is 1.73. The van der Waals surface area contributed by atoms with E-state index in [1.807, 2.05) is 6.08 Å². The van der Waals surface area contributed by atoms with E-state index in [1.54, 1.807) is 0 Å². The van der Waals surface area contributed by atoms with Crippen LogP contribution in [-0.4, -0.2) is 24.5 Å². The number of rotatable bonds is 7. The van der Waals surface area contributed by atoms with Crippen molar-refractivity contribution in [3.63, 3.8) is 0 Å². The lowest BCUT2D eigenvalue weighted by Gasteiger charge is -2.30. The molecule has 1 fully saturated rings. The van der Waals surface area contributed by atoms with Crippen molar-refractivity contribution in [2.75, 3.05) is 19.6 Å². The summed E-state index contributed by atoms with van der Waals surface area (Å²) in [6, 6.07) is 0. The van der Waals surface area contributed by atoms with E-state index in [0.29, 0.717) is 0 Å². The van der Waals surface area contributed by atoms with Gasteiger partial charge in [0.05, 0.1) is 0 Å². The van der Waals surface area contributed by atoms with Crippen LogP contribution in [0.15, 0.2) is 12.7 Å². The fourth-order valence-corrected chi connectivity index (χ4v) is 1.58. The molecule has 0 atom stereocenters. The monoisotopic (exact) mass is 167 g/mol. The quantitative estimate of drug-likeness (QED) is 0.416. The van der Waals surface area contributed by atoms with E-state index < -0.39 is 0 Å². The molecule has 1 aliphatic rings. The minimum Gasteiger partial charge on any atom is -0.303 e. The standard InChI is InChI=1S/C11H21N/c1-2-3-4-5-6-7-9-12-10-8-11-12/h2H,1,3-11H2. The first-order valence-corrected chi connectivity index (χ1v) is 5.27. The normalized spacial score (nSPS) is 17.3. The van der Waals surface area contributed by atoms with Gasteiger partial charge in [-0.05, 0) is 45.3 Å². The highest BCUT2D eigenvalue weighted by molar-refractivity contribution is 4.68. The van der Waals surface area contributed by atoms with Crippen molar-refractivity contribution < 1.29 is 0 Å². The van der Waals surface area contributed by atoms with E-state index in [4.69, 9.17) is 0 Å². The molecule has 0 aromatic heterocycles. The Hall–Kier alpha value is -0.300. The lowest BCUT2D eigenvalue weighted by Crippen LogP contribution is -2.37. The van der Waals surface area contributed by atoms with Crippen LogP contribution in [0.3, 0.4) is 0 Å². The fraction of sp³-hybridized carbons (Fsp3) is 0.818. The molecular weight excluding hydrogens is 146 g/mol. The van der Waals surface area contributed by atoms with E-state index in [0.717, 1.165) is 0 Å². The summed E-state index contributed by atoms with van der Waals surface area (Å²) in [5.74, 6) is 0. The molecule has 1 rings (SSSR count). The number of nitrogens with zero attached hydrogens (tertiary/aromatic N) is 1. The molecule has 0 radical (unpaired) electrons. The van der Waals surface area contributed by atoms with Crippen molar-refractivity contribution in [3.8, 4) is 0 Å². The van der Waals surface area contributed by atoms with Crippen LogP contribution in [0.1, 0.15) is 38.5 Å². The summed E-state index contributed by atoms with van der Waals surface area (Å²) in [6.07, 6.45) is 10.2. The Morgan fingerprint density at radius 2 is 1.83 bits per heavy atom. The van der Waals surface area contributed by atoms with Crippen LogP contribution in [0.4, 0.5) is 0 Å². The average Bonchev–Trinajstić information content (AvgIpc) is 2.00. The highest BCUT2D eigenvalue weighted by Crippen LogP contribution is 2.09. The van der Waals surface area contributed by atoms with Gasteiger partial charge in [0.25, 0.3) is 0 Å². The maximum Gasteiger partial charge on any atom is -0.000654 e. The van der Waals surface area contributed by atoms with Gasteiger partial charge in [-0.1, -0.05) is 18.9 Å². The molecule has 1 nitrogen and oxygen atoms in total. The van der Waals surface area contributed by atoms with Gasteiger partial charge < -0.3 is 4.90 Å².